The fraction of sp³-hybridized carbons (Fsp3) is 0.929. The molecule has 0 saturated carbocycles. The summed E-state index contributed by atoms with van der Waals surface area (Å²) < 4.78 is 0. The highest BCUT2D eigenvalue weighted by Crippen LogP contribution is 2.21. The Kier molecular flexibility index (Phi) is 6.07. The SMILES string of the molecule is CCC(C)N1CCN(CCC(C)(C)C(N)=NO)CC1. The van der Waals surface area contributed by atoms with Gasteiger partial charge in [-0.3, -0.25) is 4.90 Å². The molecule has 1 heterocycles. The van der Waals surface area contributed by atoms with Gasteiger partial charge < -0.3 is 15.8 Å². The standard InChI is InChI=1S/C14H30N4O/c1-5-12(2)18-10-8-17(9-11-18)7-6-14(3,4)13(15)16-19/h12,19H,5-11H2,1-4H3,(H2,15,16). The summed E-state index contributed by atoms with van der Waals surface area (Å²) in [5.74, 6) is 0.325. The van der Waals surface area contributed by atoms with Gasteiger partial charge in [0.2, 0.25) is 0 Å². The van der Waals surface area contributed by atoms with Gasteiger partial charge in [0, 0.05) is 37.6 Å². The van der Waals surface area contributed by atoms with Crippen molar-refractivity contribution in [2.24, 2.45) is 16.3 Å². The highest BCUT2D eigenvalue weighted by atomic mass is 16.4. The molecule has 0 spiro atoms. The van der Waals surface area contributed by atoms with E-state index in [1.165, 1.54) is 6.42 Å². The van der Waals surface area contributed by atoms with E-state index >= 15 is 0 Å². The third kappa shape index (κ3) is 4.66. The lowest BCUT2D eigenvalue weighted by atomic mass is 9.88. The molecule has 1 unspecified atom stereocenters. The first-order valence-corrected chi connectivity index (χ1v) is 7.35. The van der Waals surface area contributed by atoms with Crippen LogP contribution in [0.5, 0.6) is 0 Å². The van der Waals surface area contributed by atoms with E-state index in [-0.39, 0.29) is 5.41 Å². The summed E-state index contributed by atoms with van der Waals surface area (Å²) in [4.78, 5) is 5.04. The predicted octanol–water partition coefficient (Wildman–Crippen LogP) is 1.57. The van der Waals surface area contributed by atoms with Crippen LogP contribution in [-0.2, 0) is 0 Å². The fourth-order valence-electron chi connectivity index (χ4n) is 2.39. The van der Waals surface area contributed by atoms with Crippen molar-refractivity contribution in [3.8, 4) is 0 Å². The number of amidine groups is 1. The second-order valence-electron chi connectivity index (χ2n) is 6.25. The highest BCUT2D eigenvalue weighted by molar-refractivity contribution is 5.85. The van der Waals surface area contributed by atoms with Gasteiger partial charge in [-0.25, -0.2) is 0 Å². The molecule has 0 aromatic carbocycles. The molecule has 5 nitrogen and oxygen atoms in total. The van der Waals surface area contributed by atoms with Crippen LogP contribution < -0.4 is 5.73 Å². The van der Waals surface area contributed by atoms with E-state index in [9.17, 15) is 0 Å². The molecule has 0 amide bonds. The molecule has 1 aliphatic heterocycles. The quantitative estimate of drug-likeness (QED) is 0.333. The Morgan fingerprint density at radius 2 is 1.89 bits per heavy atom. The minimum absolute atomic E-state index is 0.234. The lowest BCUT2D eigenvalue weighted by Gasteiger charge is -2.38. The molecule has 1 atom stereocenters. The summed E-state index contributed by atoms with van der Waals surface area (Å²) in [5, 5.41) is 11.9. The van der Waals surface area contributed by atoms with Gasteiger partial charge in [0.25, 0.3) is 0 Å². The van der Waals surface area contributed by atoms with Crippen molar-refractivity contribution in [2.45, 2.75) is 46.6 Å². The van der Waals surface area contributed by atoms with Crippen molar-refractivity contribution in [3.05, 3.63) is 0 Å². The molecular formula is C14H30N4O. The average Bonchev–Trinajstić information content (AvgIpc) is 2.43. The number of rotatable bonds is 6. The normalized spacial score (nSPS) is 21.6. The first kappa shape index (κ1) is 16.2. The number of oxime groups is 1. The molecule has 0 radical (unpaired) electrons. The molecule has 112 valence electrons. The van der Waals surface area contributed by atoms with E-state index in [0.29, 0.717) is 11.9 Å². The van der Waals surface area contributed by atoms with Crippen LogP contribution in [0.1, 0.15) is 40.5 Å². The average molecular weight is 270 g/mol. The van der Waals surface area contributed by atoms with Gasteiger partial charge in [-0.2, -0.15) is 0 Å². The zero-order chi connectivity index (χ0) is 14.5. The maximum atomic E-state index is 8.77. The molecule has 0 aromatic heterocycles. The van der Waals surface area contributed by atoms with Crippen LogP contribution in [0.15, 0.2) is 5.16 Å². The number of hydrogen-bond donors (Lipinski definition) is 2. The Balaban J connectivity index is 2.34. The van der Waals surface area contributed by atoms with Crippen LogP contribution in [0.4, 0.5) is 0 Å². The summed E-state index contributed by atoms with van der Waals surface area (Å²) in [6, 6.07) is 0.691. The molecule has 0 bridgehead atoms. The number of hydrogen-bond acceptors (Lipinski definition) is 4. The Morgan fingerprint density at radius 3 is 2.37 bits per heavy atom. The first-order valence-electron chi connectivity index (χ1n) is 7.35. The second kappa shape index (κ2) is 7.10. The second-order valence-corrected chi connectivity index (χ2v) is 6.25. The van der Waals surface area contributed by atoms with Crippen LogP contribution in [-0.4, -0.2) is 59.6 Å². The Morgan fingerprint density at radius 1 is 1.32 bits per heavy atom. The third-order valence-corrected chi connectivity index (χ3v) is 4.48. The maximum Gasteiger partial charge on any atom is 0.144 e. The van der Waals surface area contributed by atoms with Gasteiger partial charge in [-0.05, 0) is 26.3 Å². The number of nitrogens with two attached hydrogens (primary N) is 1. The van der Waals surface area contributed by atoms with Crippen molar-refractivity contribution in [1.82, 2.24) is 9.80 Å². The van der Waals surface area contributed by atoms with E-state index < -0.39 is 0 Å². The van der Waals surface area contributed by atoms with E-state index in [1.54, 1.807) is 0 Å². The molecule has 1 rings (SSSR count). The zero-order valence-corrected chi connectivity index (χ0v) is 12.9. The Hall–Kier alpha value is -0.810. The molecule has 5 heteroatoms. The van der Waals surface area contributed by atoms with Crippen molar-refractivity contribution in [1.29, 1.82) is 0 Å². The minimum atomic E-state index is -0.234. The molecule has 3 N–H and O–H groups in total. The Labute approximate surface area is 117 Å². The number of piperazine rings is 1. The highest BCUT2D eigenvalue weighted by Gasteiger charge is 2.26. The number of nitrogens with zero attached hydrogens (tertiary/aromatic N) is 3. The molecule has 0 aromatic rings. The van der Waals surface area contributed by atoms with Gasteiger partial charge in [-0.15, -0.1) is 0 Å². The van der Waals surface area contributed by atoms with Crippen molar-refractivity contribution in [3.63, 3.8) is 0 Å². The lowest BCUT2D eigenvalue weighted by Crippen LogP contribution is -2.50. The van der Waals surface area contributed by atoms with E-state index in [4.69, 9.17) is 10.9 Å². The third-order valence-electron chi connectivity index (χ3n) is 4.48. The molecule has 1 aliphatic rings. The molecule has 1 fully saturated rings. The summed E-state index contributed by atoms with van der Waals surface area (Å²) in [5.41, 5.74) is 5.49. The summed E-state index contributed by atoms with van der Waals surface area (Å²) in [6.07, 6.45) is 2.14. The monoisotopic (exact) mass is 270 g/mol. The predicted molar refractivity (Wildman–Crippen MR) is 79.6 cm³/mol. The molecule has 1 saturated heterocycles. The zero-order valence-electron chi connectivity index (χ0n) is 12.9. The lowest BCUT2D eigenvalue weighted by molar-refractivity contribution is 0.0954. The van der Waals surface area contributed by atoms with E-state index in [1.807, 2.05) is 13.8 Å². The van der Waals surface area contributed by atoms with Gasteiger partial charge in [0.15, 0.2) is 0 Å². The topological polar surface area (TPSA) is 65.1 Å². The van der Waals surface area contributed by atoms with Crippen LogP contribution in [0.3, 0.4) is 0 Å². The minimum Gasteiger partial charge on any atom is -0.409 e. The van der Waals surface area contributed by atoms with Gasteiger partial charge in [-0.1, -0.05) is 25.9 Å². The fourth-order valence-corrected chi connectivity index (χ4v) is 2.39. The molecule has 19 heavy (non-hydrogen) atoms. The van der Waals surface area contributed by atoms with Gasteiger partial charge in [0.1, 0.15) is 5.84 Å². The van der Waals surface area contributed by atoms with Crippen molar-refractivity contribution >= 4 is 5.84 Å². The molecule has 0 aliphatic carbocycles. The van der Waals surface area contributed by atoms with E-state index in [2.05, 4.69) is 28.8 Å². The van der Waals surface area contributed by atoms with Crippen molar-refractivity contribution in [2.75, 3.05) is 32.7 Å². The van der Waals surface area contributed by atoms with E-state index in [0.717, 1.165) is 39.1 Å². The maximum absolute atomic E-state index is 8.77. The summed E-state index contributed by atoms with van der Waals surface area (Å²) in [7, 11) is 0. The van der Waals surface area contributed by atoms with Crippen LogP contribution in [0.2, 0.25) is 0 Å². The van der Waals surface area contributed by atoms with Crippen LogP contribution >= 0.6 is 0 Å². The smallest absolute Gasteiger partial charge is 0.144 e. The summed E-state index contributed by atoms with van der Waals surface area (Å²) >= 11 is 0. The summed E-state index contributed by atoms with van der Waals surface area (Å²) in [6.45, 7) is 14.2. The van der Waals surface area contributed by atoms with Crippen LogP contribution in [0.25, 0.3) is 0 Å². The first-order chi connectivity index (χ1) is 8.90. The molecular weight excluding hydrogens is 240 g/mol. The van der Waals surface area contributed by atoms with Gasteiger partial charge >= 0.3 is 0 Å². The largest absolute Gasteiger partial charge is 0.409 e. The van der Waals surface area contributed by atoms with Gasteiger partial charge in [0.05, 0.1) is 0 Å². The van der Waals surface area contributed by atoms with Crippen LogP contribution in [0, 0.1) is 5.41 Å². The Bertz CT molecular complexity index is 296. The van der Waals surface area contributed by atoms with Crippen molar-refractivity contribution < 1.29 is 5.21 Å².